The van der Waals surface area contributed by atoms with Crippen LogP contribution in [0.1, 0.15) is 55.1 Å². The minimum Gasteiger partial charge on any atom is -0.280 e. The van der Waals surface area contributed by atoms with Gasteiger partial charge in [-0.2, -0.15) is 5.26 Å². The molecule has 3 rings (SSSR count). The first-order valence-corrected chi connectivity index (χ1v) is 6.64. The highest BCUT2D eigenvalue weighted by molar-refractivity contribution is 5.75. The summed E-state index contributed by atoms with van der Waals surface area (Å²) in [6.07, 6.45) is 6.12. The number of nitriles is 1. The minimum atomic E-state index is 0.394. The fourth-order valence-electron chi connectivity index (χ4n) is 2.96. The van der Waals surface area contributed by atoms with Gasteiger partial charge in [-0.05, 0) is 19.8 Å². The lowest BCUT2D eigenvalue weighted by molar-refractivity contribution is 0.429. The van der Waals surface area contributed by atoms with Crippen LogP contribution < -0.4 is 0 Å². The van der Waals surface area contributed by atoms with Crippen molar-refractivity contribution in [3.63, 3.8) is 0 Å². The van der Waals surface area contributed by atoms with E-state index in [0.717, 1.165) is 24.4 Å². The first-order valence-electron chi connectivity index (χ1n) is 6.64. The highest BCUT2D eigenvalue weighted by Crippen LogP contribution is 2.34. The number of nitrogens with zero attached hydrogens (tertiary/aromatic N) is 4. The quantitative estimate of drug-likeness (QED) is 0.791. The molecule has 1 saturated carbocycles. The lowest BCUT2D eigenvalue weighted by Crippen LogP contribution is -2.06. The zero-order valence-corrected chi connectivity index (χ0v) is 10.9. The van der Waals surface area contributed by atoms with Crippen molar-refractivity contribution < 1.29 is 0 Å². The van der Waals surface area contributed by atoms with E-state index >= 15 is 0 Å². The van der Waals surface area contributed by atoms with Crippen LogP contribution in [0.3, 0.4) is 0 Å². The molecule has 0 atom stereocenters. The fraction of sp³-hybridized carbons (Fsp3) is 0.500. The van der Waals surface area contributed by atoms with Gasteiger partial charge in [-0.15, -0.1) is 0 Å². The van der Waals surface area contributed by atoms with Crippen LogP contribution in [0.15, 0.2) is 0 Å². The minimum absolute atomic E-state index is 0.394. The first-order chi connectivity index (χ1) is 9.26. The van der Waals surface area contributed by atoms with Crippen molar-refractivity contribution in [1.29, 1.82) is 5.26 Å². The molecular formula is C14H15N5. The van der Waals surface area contributed by atoms with Crippen LogP contribution >= 0.6 is 0 Å². The van der Waals surface area contributed by atoms with Crippen molar-refractivity contribution in [3.8, 4) is 6.07 Å². The number of aryl methyl sites for hydroxylation is 1. The van der Waals surface area contributed by atoms with Gasteiger partial charge in [0.1, 0.15) is 11.4 Å². The predicted molar refractivity (Wildman–Crippen MR) is 71.1 cm³/mol. The maximum Gasteiger partial charge on any atom is 0.229 e. The third-order valence-corrected chi connectivity index (χ3v) is 4.02. The van der Waals surface area contributed by atoms with E-state index in [1.54, 1.807) is 4.52 Å². The Morgan fingerprint density at radius 2 is 2.16 bits per heavy atom. The summed E-state index contributed by atoms with van der Waals surface area (Å²) in [7, 11) is 0. The van der Waals surface area contributed by atoms with Gasteiger partial charge in [0.25, 0.3) is 0 Å². The molecule has 2 aromatic rings. The number of nitrogens with one attached hydrogen (secondary N) is 1. The standard InChI is InChI=1S/C14H15N5/c1-9-12(16-2)11(8-15)14-17-13(18-19(9)14)10-6-4-3-5-7-10/h10H,3-7H2,1H3,(H,17,18). The van der Waals surface area contributed by atoms with Crippen LogP contribution in [-0.4, -0.2) is 14.6 Å². The highest BCUT2D eigenvalue weighted by atomic mass is 15.3. The van der Waals surface area contributed by atoms with Crippen LogP contribution in [0, 0.1) is 24.8 Å². The topological polar surface area (TPSA) is 61.2 Å². The third kappa shape index (κ3) is 1.70. The number of fused-ring (bicyclic) bond motifs is 1. The normalized spacial score (nSPS) is 16.4. The van der Waals surface area contributed by atoms with Crippen molar-refractivity contribution in [2.45, 2.75) is 44.9 Å². The Morgan fingerprint density at radius 1 is 1.42 bits per heavy atom. The SMILES string of the molecule is [C-]#[N+]c1c(C#N)c2nc(C3CCCCC3)[nH]n2c1C. The maximum absolute atomic E-state index is 9.22. The smallest absolute Gasteiger partial charge is 0.229 e. The average Bonchev–Trinajstić information content (AvgIpc) is 2.98. The molecule has 5 heteroatoms. The van der Waals surface area contributed by atoms with E-state index in [1.165, 1.54) is 19.3 Å². The van der Waals surface area contributed by atoms with Crippen LogP contribution in [0.25, 0.3) is 10.5 Å². The molecule has 2 aromatic heterocycles. The molecule has 19 heavy (non-hydrogen) atoms. The van der Waals surface area contributed by atoms with E-state index < -0.39 is 0 Å². The summed E-state index contributed by atoms with van der Waals surface area (Å²) in [5, 5.41) is 12.5. The molecule has 0 radical (unpaired) electrons. The van der Waals surface area contributed by atoms with Crippen LogP contribution in [-0.2, 0) is 0 Å². The molecule has 0 aliphatic heterocycles. The van der Waals surface area contributed by atoms with Crippen molar-refractivity contribution in [2.24, 2.45) is 0 Å². The van der Waals surface area contributed by atoms with E-state index in [-0.39, 0.29) is 0 Å². The van der Waals surface area contributed by atoms with Gasteiger partial charge in [0, 0.05) is 11.6 Å². The second kappa shape index (κ2) is 4.44. The molecule has 0 amide bonds. The number of aromatic amines is 1. The van der Waals surface area contributed by atoms with E-state index in [9.17, 15) is 5.26 Å². The molecule has 1 fully saturated rings. The third-order valence-electron chi connectivity index (χ3n) is 4.02. The fourth-order valence-corrected chi connectivity index (χ4v) is 2.96. The summed E-state index contributed by atoms with van der Waals surface area (Å²) in [6.45, 7) is 9.02. The average molecular weight is 253 g/mol. The largest absolute Gasteiger partial charge is 0.280 e. The molecule has 0 bridgehead atoms. The summed E-state index contributed by atoms with van der Waals surface area (Å²) in [5.74, 6) is 1.43. The molecule has 5 nitrogen and oxygen atoms in total. The summed E-state index contributed by atoms with van der Waals surface area (Å²) in [6, 6.07) is 2.11. The predicted octanol–water partition coefficient (Wildman–Crippen LogP) is 3.44. The van der Waals surface area contributed by atoms with Gasteiger partial charge < -0.3 is 0 Å². The lowest BCUT2D eigenvalue weighted by Gasteiger charge is -2.18. The van der Waals surface area contributed by atoms with Crippen LogP contribution in [0.5, 0.6) is 0 Å². The van der Waals surface area contributed by atoms with Crippen molar-refractivity contribution in [2.75, 3.05) is 0 Å². The molecule has 1 N–H and O–H groups in total. The summed E-state index contributed by atoms with van der Waals surface area (Å²) in [5.41, 5.74) is 2.19. The number of aromatic nitrogens is 3. The molecule has 96 valence electrons. The second-order valence-corrected chi connectivity index (χ2v) is 5.14. The second-order valence-electron chi connectivity index (χ2n) is 5.14. The van der Waals surface area contributed by atoms with E-state index in [2.05, 4.69) is 21.0 Å². The molecular weight excluding hydrogens is 238 g/mol. The van der Waals surface area contributed by atoms with Gasteiger partial charge >= 0.3 is 0 Å². The summed E-state index contributed by atoms with van der Waals surface area (Å²) >= 11 is 0. The Bertz CT molecular complexity index is 701. The molecule has 1 aliphatic rings. The molecule has 0 aromatic carbocycles. The highest BCUT2D eigenvalue weighted by Gasteiger charge is 2.23. The Kier molecular flexibility index (Phi) is 2.76. The Labute approximate surface area is 111 Å². The van der Waals surface area contributed by atoms with Gasteiger partial charge in [0.05, 0.1) is 12.6 Å². The van der Waals surface area contributed by atoms with E-state index in [0.29, 0.717) is 22.8 Å². The summed E-state index contributed by atoms with van der Waals surface area (Å²) < 4.78 is 1.79. The molecule has 2 heterocycles. The van der Waals surface area contributed by atoms with Crippen molar-refractivity contribution in [3.05, 3.63) is 28.5 Å². The van der Waals surface area contributed by atoms with Gasteiger partial charge in [-0.1, -0.05) is 19.3 Å². The first kappa shape index (κ1) is 11.8. The Morgan fingerprint density at radius 3 is 2.79 bits per heavy atom. The summed E-state index contributed by atoms with van der Waals surface area (Å²) in [4.78, 5) is 8.02. The van der Waals surface area contributed by atoms with Gasteiger partial charge in [0.2, 0.25) is 5.69 Å². The Balaban J connectivity index is 2.12. The zero-order chi connectivity index (χ0) is 13.4. The molecule has 0 unspecified atom stereocenters. The Hall–Kier alpha value is -2.27. The van der Waals surface area contributed by atoms with E-state index in [1.807, 2.05) is 6.92 Å². The van der Waals surface area contributed by atoms with Gasteiger partial charge in [-0.25, -0.2) is 9.83 Å². The lowest BCUT2D eigenvalue weighted by atomic mass is 9.89. The van der Waals surface area contributed by atoms with Crippen LogP contribution in [0.2, 0.25) is 0 Å². The number of hydrogen-bond donors (Lipinski definition) is 1. The van der Waals surface area contributed by atoms with E-state index in [4.69, 9.17) is 6.57 Å². The van der Waals surface area contributed by atoms with Crippen molar-refractivity contribution >= 4 is 11.3 Å². The maximum atomic E-state index is 9.22. The molecule has 0 saturated heterocycles. The number of H-pyrrole nitrogens is 1. The monoisotopic (exact) mass is 253 g/mol. The zero-order valence-electron chi connectivity index (χ0n) is 10.9. The molecule has 0 spiro atoms. The van der Waals surface area contributed by atoms with Gasteiger partial charge in [-0.3, -0.25) is 9.61 Å². The number of rotatable bonds is 1. The number of hydrogen-bond acceptors (Lipinski definition) is 2. The molecule has 1 aliphatic carbocycles. The van der Waals surface area contributed by atoms with Crippen molar-refractivity contribution in [1.82, 2.24) is 14.6 Å². The van der Waals surface area contributed by atoms with Gasteiger partial charge in [0.15, 0.2) is 5.65 Å². The van der Waals surface area contributed by atoms with Crippen LogP contribution in [0.4, 0.5) is 5.69 Å².